The van der Waals surface area contributed by atoms with E-state index < -0.39 is 5.82 Å². The van der Waals surface area contributed by atoms with Crippen LogP contribution in [-0.4, -0.2) is 10.1 Å². The van der Waals surface area contributed by atoms with E-state index in [1.54, 1.807) is 6.07 Å². The van der Waals surface area contributed by atoms with Gasteiger partial charge in [-0.25, -0.2) is 4.39 Å². The Morgan fingerprint density at radius 2 is 2.00 bits per heavy atom. The summed E-state index contributed by atoms with van der Waals surface area (Å²) in [4.78, 5) is 4.18. The van der Waals surface area contributed by atoms with Crippen LogP contribution in [0.1, 0.15) is 26.6 Å². The third kappa shape index (κ3) is 2.13. The van der Waals surface area contributed by atoms with Crippen molar-refractivity contribution < 1.29 is 8.91 Å². The zero-order valence-electron chi connectivity index (χ0n) is 9.99. The number of rotatable bonds is 1. The fraction of sp³-hybridized carbons (Fsp3) is 0.333. The van der Waals surface area contributed by atoms with E-state index in [0.29, 0.717) is 5.82 Å². The number of hydrogen-bond donors (Lipinski definition) is 1. The van der Waals surface area contributed by atoms with Crippen LogP contribution in [0.25, 0.3) is 11.5 Å². The van der Waals surface area contributed by atoms with Crippen molar-refractivity contribution in [1.82, 2.24) is 10.1 Å². The maximum absolute atomic E-state index is 13.6. The van der Waals surface area contributed by atoms with Crippen molar-refractivity contribution in [3.63, 3.8) is 0 Å². The van der Waals surface area contributed by atoms with Crippen molar-refractivity contribution in [3.05, 3.63) is 29.8 Å². The molecule has 1 aromatic heterocycles. The SMILES string of the molecule is CC(C)(C)c1noc(-c2c(N)cccc2F)n1. The summed E-state index contributed by atoms with van der Waals surface area (Å²) in [6.07, 6.45) is 0. The number of hydrogen-bond acceptors (Lipinski definition) is 4. The van der Waals surface area contributed by atoms with Gasteiger partial charge in [0.2, 0.25) is 0 Å². The summed E-state index contributed by atoms with van der Waals surface area (Å²) in [7, 11) is 0. The van der Waals surface area contributed by atoms with Crippen LogP contribution in [0.2, 0.25) is 0 Å². The fourth-order valence-electron chi connectivity index (χ4n) is 1.40. The topological polar surface area (TPSA) is 64.9 Å². The van der Waals surface area contributed by atoms with Crippen molar-refractivity contribution in [2.75, 3.05) is 5.73 Å². The Kier molecular flexibility index (Phi) is 2.61. The Balaban J connectivity index is 2.51. The van der Waals surface area contributed by atoms with E-state index in [4.69, 9.17) is 10.3 Å². The quantitative estimate of drug-likeness (QED) is 0.772. The molecule has 0 aliphatic carbocycles. The van der Waals surface area contributed by atoms with E-state index in [-0.39, 0.29) is 22.6 Å². The average molecular weight is 235 g/mol. The van der Waals surface area contributed by atoms with Gasteiger partial charge in [0, 0.05) is 11.1 Å². The first-order valence-electron chi connectivity index (χ1n) is 5.28. The molecule has 90 valence electrons. The Hall–Kier alpha value is -1.91. The molecule has 0 fully saturated rings. The molecule has 2 rings (SSSR count). The average Bonchev–Trinajstić information content (AvgIpc) is 2.65. The van der Waals surface area contributed by atoms with E-state index in [1.807, 2.05) is 20.8 Å². The highest BCUT2D eigenvalue weighted by Gasteiger charge is 2.23. The lowest BCUT2D eigenvalue weighted by molar-refractivity contribution is 0.401. The van der Waals surface area contributed by atoms with Gasteiger partial charge in [-0.1, -0.05) is 32.0 Å². The molecule has 0 amide bonds. The monoisotopic (exact) mass is 235 g/mol. The molecule has 17 heavy (non-hydrogen) atoms. The molecule has 0 spiro atoms. The van der Waals surface area contributed by atoms with Gasteiger partial charge in [-0.05, 0) is 12.1 Å². The van der Waals surface area contributed by atoms with Crippen molar-refractivity contribution in [1.29, 1.82) is 0 Å². The van der Waals surface area contributed by atoms with Crippen LogP contribution in [0.3, 0.4) is 0 Å². The van der Waals surface area contributed by atoms with Crippen molar-refractivity contribution in [3.8, 4) is 11.5 Å². The van der Waals surface area contributed by atoms with Crippen LogP contribution < -0.4 is 5.73 Å². The summed E-state index contributed by atoms with van der Waals surface area (Å²) in [5, 5.41) is 3.84. The van der Waals surface area contributed by atoms with Crippen molar-refractivity contribution in [2.24, 2.45) is 0 Å². The van der Waals surface area contributed by atoms with E-state index >= 15 is 0 Å². The molecule has 2 aromatic rings. The molecule has 0 bridgehead atoms. The van der Waals surface area contributed by atoms with Crippen LogP contribution in [-0.2, 0) is 5.41 Å². The molecule has 1 heterocycles. The lowest BCUT2D eigenvalue weighted by Crippen LogP contribution is -2.13. The second kappa shape index (κ2) is 3.84. The third-order valence-corrected chi connectivity index (χ3v) is 2.36. The number of aromatic nitrogens is 2. The van der Waals surface area contributed by atoms with Crippen molar-refractivity contribution >= 4 is 5.69 Å². The molecule has 0 unspecified atom stereocenters. The van der Waals surface area contributed by atoms with Gasteiger partial charge in [0.1, 0.15) is 5.82 Å². The van der Waals surface area contributed by atoms with E-state index in [1.165, 1.54) is 12.1 Å². The van der Waals surface area contributed by atoms with Crippen LogP contribution in [0.4, 0.5) is 10.1 Å². The molecule has 5 heteroatoms. The van der Waals surface area contributed by atoms with Gasteiger partial charge in [0.15, 0.2) is 5.82 Å². The molecule has 0 aliphatic rings. The molecule has 0 atom stereocenters. The number of halogens is 1. The summed E-state index contributed by atoms with van der Waals surface area (Å²) in [6.45, 7) is 5.85. The molecule has 4 nitrogen and oxygen atoms in total. The maximum atomic E-state index is 13.6. The highest BCUT2D eigenvalue weighted by Crippen LogP contribution is 2.29. The maximum Gasteiger partial charge on any atom is 0.263 e. The molecule has 0 saturated heterocycles. The number of nitrogens with zero attached hydrogens (tertiary/aromatic N) is 2. The number of anilines is 1. The highest BCUT2D eigenvalue weighted by molar-refractivity contribution is 5.70. The second-order valence-electron chi connectivity index (χ2n) is 4.88. The molecule has 0 radical (unpaired) electrons. The first-order chi connectivity index (χ1) is 7.89. The Morgan fingerprint density at radius 3 is 2.53 bits per heavy atom. The zero-order chi connectivity index (χ0) is 12.6. The molecule has 2 N–H and O–H groups in total. The third-order valence-electron chi connectivity index (χ3n) is 2.36. The van der Waals surface area contributed by atoms with Gasteiger partial charge in [-0.2, -0.15) is 4.98 Å². The molecular formula is C12H14FN3O. The molecular weight excluding hydrogens is 221 g/mol. The molecule has 1 aromatic carbocycles. The lowest BCUT2D eigenvalue weighted by Gasteiger charge is -2.10. The smallest absolute Gasteiger partial charge is 0.263 e. The first-order valence-corrected chi connectivity index (χ1v) is 5.28. The number of benzene rings is 1. The van der Waals surface area contributed by atoms with E-state index in [0.717, 1.165) is 0 Å². The van der Waals surface area contributed by atoms with Crippen LogP contribution in [0, 0.1) is 5.82 Å². The van der Waals surface area contributed by atoms with Gasteiger partial charge in [0.25, 0.3) is 5.89 Å². The summed E-state index contributed by atoms with van der Waals surface area (Å²) >= 11 is 0. The van der Waals surface area contributed by atoms with Crippen LogP contribution >= 0.6 is 0 Å². The van der Waals surface area contributed by atoms with Gasteiger partial charge in [-0.15, -0.1) is 0 Å². The normalized spacial score (nSPS) is 11.8. The molecule has 0 aliphatic heterocycles. The zero-order valence-corrected chi connectivity index (χ0v) is 9.99. The highest BCUT2D eigenvalue weighted by atomic mass is 19.1. The standard InChI is InChI=1S/C12H14FN3O/c1-12(2,3)11-15-10(17-16-11)9-7(13)5-4-6-8(9)14/h4-6H,14H2,1-3H3. The Morgan fingerprint density at radius 1 is 1.29 bits per heavy atom. The van der Waals surface area contributed by atoms with Crippen LogP contribution in [0.5, 0.6) is 0 Å². The predicted molar refractivity (Wildman–Crippen MR) is 62.8 cm³/mol. The van der Waals surface area contributed by atoms with Gasteiger partial charge >= 0.3 is 0 Å². The predicted octanol–water partition coefficient (Wildman–Crippen LogP) is 2.76. The summed E-state index contributed by atoms with van der Waals surface area (Å²) in [6, 6.07) is 4.45. The fourth-order valence-corrected chi connectivity index (χ4v) is 1.40. The summed E-state index contributed by atoms with van der Waals surface area (Å²) in [5.41, 5.74) is 5.90. The van der Waals surface area contributed by atoms with E-state index in [9.17, 15) is 4.39 Å². The van der Waals surface area contributed by atoms with Gasteiger partial charge in [0.05, 0.1) is 5.56 Å². The first kappa shape index (κ1) is 11.6. The minimum Gasteiger partial charge on any atom is -0.398 e. The van der Waals surface area contributed by atoms with Gasteiger partial charge in [-0.3, -0.25) is 0 Å². The number of nitrogens with two attached hydrogens (primary N) is 1. The summed E-state index contributed by atoms with van der Waals surface area (Å²) < 4.78 is 18.7. The Labute approximate surface area is 98.6 Å². The lowest BCUT2D eigenvalue weighted by atomic mass is 9.96. The van der Waals surface area contributed by atoms with E-state index in [2.05, 4.69) is 10.1 Å². The van der Waals surface area contributed by atoms with Crippen molar-refractivity contribution in [2.45, 2.75) is 26.2 Å². The second-order valence-corrected chi connectivity index (χ2v) is 4.88. The summed E-state index contributed by atoms with van der Waals surface area (Å²) in [5.74, 6) is 0.176. The Bertz CT molecular complexity index is 523. The molecule has 0 saturated carbocycles. The van der Waals surface area contributed by atoms with Crippen LogP contribution in [0.15, 0.2) is 22.7 Å². The number of nitrogen functional groups attached to an aromatic ring is 1. The minimum atomic E-state index is -0.464. The minimum absolute atomic E-state index is 0.116. The largest absolute Gasteiger partial charge is 0.398 e. The van der Waals surface area contributed by atoms with Gasteiger partial charge < -0.3 is 10.3 Å².